The molecule has 1 unspecified atom stereocenters. The fourth-order valence-electron chi connectivity index (χ4n) is 2.06. The number of halogens is 2. The monoisotopic (exact) mass is 241 g/mol. The van der Waals surface area contributed by atoms with Gasteiger partial charge in [-0.2, -0.15) is 0 Å². The summed E-state index contributed by atoms with van der Waals surface area (Å²) in [4.78, 5) is 0. The Bertz CT molecular complexity index is 363. The highest BCUT2D eigenvalue weighted by Crippen LogP contribution is 2.29. The van der Waals surface area contributed by atoms with Crippen molar-refractivity contribution in [1.29, 1.82) is 0 Å². The normalized spacial score (nSPS) is 18.2. The van der Waals surface area contributed by atoms with Gasteiger partial charge in [0.1, 0.15) is 5.82 Å². The largest absolute Gasteiger partial charge is 0.310 e. The summed E-state index contributed by atoms with van der Waals surface area (Å²) >= 11 is 6.00. The number of rotatable bonds is 4. The van der Waals surface area contributed by atoms with Crippen LogP contribution < -0.4 is 5.32 Å². The minimum absolute atomic E-state index is 0.225. The molecule has 1 fully saturated rings. The summed E-state index contributed by atoms with van der Waals surface area (Å²) < 4.78 is 13.0. The maximum Gasteiger partial charge on any atom is 0.123 e. The molecule has 0 saturated heterocycles. The quantitative estimate of drug-likeness (QED) is 0.847. The predicted octanol–water partition coefficient (Wildman–Crippen LogP) is 3.76. The van der Waals surface area contributed by atoms with Crippen LogP contribution in [0.5, 0.6) is 0 Å². The fourth-order valence-corrected chi connectivity index (χ4v) is 2.24. The Morgan fingerprint density at radius 3 is 2.88 bits per heavy atom. The van der Waals surface area contributed by atoms with Crippen molar-refractivity contribution in [2.45, 2.75) is 38.8 Å². The molecule has 0 bridgehead atoms. The van der Waals surface area contributed by atoms with Gasteiger partial charge in [0, 0.05) is 17.6 Å². The summed E-state index contributed by atoms with van der Waals surface area (Å²) in [5.74, 6) is 0.560. The molecular weight excluding hydrogens is 225 g/mol. The van der Waals surface area contributed by atoms with E-state index in [1.54, 1.807) is 6.07 Å². The molecule has 1 N–H and O–H groups in total. The van der Waals surface area contributed by atoms with Crippen LogP contribution in [0.4, 0.5) is 4.39 Å². The molecule has 1 aromatic carbocycles. The van der Waals surface area contributed by atoms with E-state index < -0.39 is 0 Å². The number of hydrogen-bond acceptors (Lipinski definition) is 1. The van der Waals surface area contributed by atoms with Gasteiger partial charge in [0.05, 0.1) is 0 Å². The molecule has 0 radical (unpaired) electrons. The molecule has 0 aromatic heterocycles. The van der Waals surface area contributed by atoms with Crippen LogP contribution >= 0.6 is 11.6 Å². The Morgan fingerprint density at radius 2 is 2.25 bits per heavy atom. The Morgan fingerprint density at radius 1 is 1.50 bits per heavy atom. The molecule has 16 heavy (non-hydrogen) atoms. The first-order chi connectivity index (χ1) is 7.66. The van der Waals surface area contributed by atoms with Gasteiger partial charge in [0.25, 0.3) is 0 Å². The lowest BCUT2D eigenvalue weighted by Crippen LogP contribution is -2.36. The van der Waals surface area contributed by atoms with Crippen LogP contribution in [0.3, 0.4) is 0 Å². The van der Waals surface area contributed by atoms with Gasteiger partial charge in [0.2, 0.25) is 0 Å². The van der Waals surface area contributed by atoms with Crippen molar-refractivity contribution < 1.29 is 4.39 Å². The molecule has 1 aliphatic rings. The second kappa shape index (κ2) is 5.15. The summed E-state index contributed by atoms with van der Waals surface area (Å²) in [6.07, 6.45) is 3.97. The molecule has 1 aliphatic carbocycles. The molecule has 0 aliphatic heterocycles. The summed E-state index contributed by atoms with van der Waals surface area (Å²) in [5.41, 5.74) is 0.841. The van der Waals surface area contributed by atoms with Gasteiger partial charge in [-0.15, -0.1) is 0 Å². The molecule has 1 aromatic rings. The average Bonchev–Trinajstić information content (AvgIpc) is 2.17. The lowest BCUT2D eigenvalue weighted by Gasteiger charge is -2.32. The van der Waals surface area contributed by atoms with E-state index in [1.807, 2.05) is 0 Å². The molecule has 2 rings (SSSR count). The number of benzene rings is 1. The number of hydrogen-bond donors (Lipinski definition) is 1. The van der Waals surface area contributed by atoms with Gasteiger partial charge in [-0.25, -0.2) is 4.39 Å². The first-order valence-electron chi connectivity index (χ1n) is 5.84. The molecule has 0 amide bonds. The first-order valence-corrected chi connectivity index (χ1v) is 6.22. The van der Waals surface area contributed by atoms with Crippen LogP contribution in [0.1, 0.15) is 31.7 Å². The van der Waals surface area contributed by atoms with Crippen LogP contribution in [0, 0.1) is 11.7 Å². The minimum atomic E-state index is -0.225. The molecule has 88 valence electrons. The van der Waals surface area contributed by atoms with E-state index in [1.165, 1.54) is 31.4 Å². The molecule has 0 spiro atoms. The van der Waals surface area contributed by atoms with E-state index in [0.717, 1.165) is 11.5 Å². The predicted molar refractivity (Wildman–Crippen MR) is 65.1 cm³/mol. The maximum atomic E-state index is 13.0. The van der Waals surface area contributed by atoms with Crippen LogP contribution in [0.15, 0.2) is 18.2 Å². The Balaban J connectivity index is 1.90. The zero-order chi connectivity index (χ0) is 11.5. The van der Waals surface area contributed by atoms with Gasteiger partial charge < -0.3 is 5.32 Å². The van der Waals surface area contributed by atoms with Gasteiger partial charge in [-0.05, 0) is 49.4 Å². The first kappa shape index (κ1) is 11.9. The van der Waals surface area contributed by atoms with Crippen molar-refractivity contribution in [3.8, 4) is 0 Å². The van der Waals surface area contributed by atoms with E-state index in [4.69, 9.17) is 11.6 Å². The average molecular weight is 242 g/mol. The van der Waals surface area contributed by atoms with Crippen molar-refractivity contribution in [1.82, 2.24) is 5.32 Å². The van der Waals surface area contributed by atoms with Crippen LogP contribution in [-0.4, -0.2) is 6.04 Å². The van der Waals surface area contributed by atoms with Crippen molar-refractivity contribution in [2.24, 2.45) is 5.92 Å². The molecule has 1 saturated carbocycles. The Labute approximate surface area is 101 Å². The summed E-state index contributed by atoms with van der Waals surface area (Å²) in [6.45, 7) is 2.84. The minimum Gasteiger partial charge on any atom is -0.310 e. The Hall–Kier alpha value is -0.600. The third kappa shape index (κ3) is 2.74. The van der Waals surface area contributed by atoms with E-state index in [-0.39, 0.29) is 5.82 Å². The maximum absolute atomic E-state index is 13.0. The van der Waals surface area contributed by atoms with Gasteiger partial charge >= 0.3 is 0 Å². The van der Waals surface area contributed by atoms with E-state index in [2.05, 4.69) is 12.2 Å². The zero-order valence-corrected chi connectivity index (χ0v) is 10.2. The van der Waals surface area contributed by atoms with Gasteiger partial charge in [-0.3, -0.25) is 0 Å². The Kier molecular flexibility index (Phi) is 3.82. The van der Waals surface area contributed by atoms with Crippen molar-refractivity contribution in [3.63, 3.8) is 0 Å². The SMILES string of the molecule is CC(NCc1cc(F)ccc1Cl)C1CCC1. The smallest absolute Gasteiger partial charge is 0.123 e. The van der Waals surface area contributed by atoms with Crippen LogP contribution in [0.25, 0.3) is 0 Å². The van der Waals surface area contributed by atoms with Crippen LogP contribution in [0.2, 0.25) is 5.02 Å². The second-order valence-corrected chi connectivity index (χ2v) is 5.00. The fraction of sp³-hybridized carbons (Fsp3) is 0.538. The standard InChI is InChI=1S/C13H17ClFN/c1-9(10-3-2-4-10)16-8-11-7-12(15)5-6-13(11)14/h5-7,9-10,16H,2-4,8H2,1H3. The third-order valence-electron chi connectivity index (χ3n) is 3.48. The van der Waals surface area contributed by atoms with E-state index >= 15 is 0 Å². The van der Waals surface area contributed by atoms with Crippen molar-refractivity contribution in [3.05, 3.63) is 34.6 Å². The highest BCUT2D eigenvalue weighted by Gasteiger charge is 2.23. The molecule has 1 atom stereocenters. The molecule has 0 heterocycles. The molecular formula is C13H17ClFN. The summed E-state index contributed by atoms with van der Waals surface area (Å²) in [5, 5.41) is 4.05. The van der Waals surface area contributed by atoms with E-state index in [0.29, 0.717) is 17.6 Å². The summed E-state index contributed by atoms with van der Waals surface area (Å²) in [6, 6.07) is 5.00. The highest BCUT2D eigenvalue weighted by molar-refractivity contribution is 6.31. The van der Waals surface area contributed by atoms with Gasteiger partial charge in [-0.1, -0.05) is 18.0 Å². The lowest BCUT2D eigenvalue weighted by atomic mass is 9.80. The lowest BCUT2D eigenvalue weighted by molar-refractivity contribution is 0.240. The van der Waals surface area contributed by atoms with Gasteiger partial charge in [0.15, 0.2) is 0 Å². The highest BCUT2D eigenvalue weighted by atomic mass is 35.5. The van der Waals surface area contributed by atoms with Crippen molar-refractivity contribution >= 4 is 11.6 Å². The third-order valence-corrected chi connectivity index (χ3v) is 3.85. The molecule has 1 nitrogen and oxygen atoms in total. The number of nitrogens with one attached hydrogen (secondary N) is 1. The topological polar surface area (TPSA) is 12.0 Å². The van der Waals surface area contributed by atoms with Crippen LogP contribution in [-0.2, 0) is 6.54 Å². The van der Waals surface area contributed by atoms with E-state index in [9.17, 15) is 4.39 Å². The molecule has 3 heteroatoms. The van der Waals surface area contributed by atoms with Crippen molar-refractivity contribution in [2.75, 3.05) is 0 Å². The summed E-state index contributed by atoms with van der Waals surface area (Å²) in [7, 11) is 0. The zero-order valence-electron chi connectivity index (χ0n) is 9.47. The second-order valence-electron chi connectivity index (χ2n) is 4.60.